The van der Waals surface area contributed by atoms with Crippen molar-refractivity contribution in [2.75, 3.05) is 5.01 Å². The van der Waals surface area contributed by atoms with Gasteiger partial charge in [-0.2, -0.15) is 0 Å². The van der Waals surface area contributed by atoms with Gasteiger partial charge in [0.1, 0.15) is 0 Å². The van der Waals surface area contributed by atoms with Crippen LogP contribution >= 0.6 is 0 Å². The molecule has 3 rings (SSSR count). The van der Waals surface area contributed by atoms with Crippen LogP contribution in [0.25, 0.3) is 10.9 Å². The molecule has 3 aromatic rings. The Balaban J connectivity index is 2.15. The second-order valence-corrected chi connectivity index (χ2v) is 5.03. The van der Waals surface area contributed by atoms with Crippen molar-refractivity contribution in [3.63, 3.8) is 0 Å². The smallest absolute Gasteiger partial charge is 0.0698 e. The van der Waals surface area contributed by atoms with E-state index >= 15 is 0 Å². The van der Waals surface area contributed by atoms with Crippen molar-refractivity contribution in [1.82, 2.24) is 9.66 Å². The van der Waals surface area contributed by atoms with Crippen LogP contribution in [-0.2, 0) is 0 Å². The molecule has 0 N–H and O–H groups in total. The van der Waals surface area contributed by atoms with Gasteiger partial charge < -0.3 is 0 Å². The zero-order chi connectivity index (χ0) is 13.9. The molecule has 0 saturated heterocycles. The Bertz CT molecular complexity index is 688. The second kappa shape index (κ2) is 5.37. The Kier molecular flexibility index (Phi) is 3.42. The lowest BCUT2D eigenvalue weighted by Crippen LogP contribution is -2.36. The third kappa shape index (κ3) is 2.16. The molecule has 3 heteroatoms. The van der Waals surface area contributed by atoms with Gasteiger partial charge in [0.15, 0.2) is 0 Å². The number of hydrogen-bond acceptors (Lipinski definition) is 2. The standard InChI is InChI=1S/C17H19N3/c1-3-14(2)20(16-8-11-18-12-9-16)19-13-10-15-6-4-5-7-17(15)19/h4-14H,3H2,1-2H3. The van der Waals surface area contributed by atoms with Crippen LogP contribution in [-0.4, -0.2) is 15.7 Å². The number of hydrogen-bond donors (Lipinski definition) is 0. The molecular formula is C17H19N3. The van der Waals surface area contributed by atoms with Crippen LogP contribution in [0.2, 0.25) is 0 Å². The van der Waals surface area contributed by atoms with E-state index in [0.717, 1.165) is 12.1 Å². The Morgan fingerprint density at radius 3 is 2.60 bits per heavy atom. The molecule has 1 atom stereocenters. The fourth-order valence-electron chi connectivity index (χ4n) is 2.52. The molecule has 0 fully saturated rings. The van der Waals surface area contributed by atoms with Crippen molar-refractivity contribution in [1.29, 1.82) is 0 Å². The summed E-state index contributed by atoms with van der Waals surface area (Å²) in [5, 5.41) is 3.58. The Hall–Kier alpha value is -2.29. The van der Waals surface area contributed by atoms with E-state index in [1.54, 1.807) is 0 Å². The van der Waals surface area contributed by atoms with Crippen molar-refractivity contribution < 1.29 is 0 Å². The third-order valence-corrected chi connectivity index (χ3v) is 3.75. The van der Waals surface area contributed by atoms with Gasteiger partial charge in [0.25, 0.3) is 0 Å². The molecule has 1 unspecified atom stereocenters. The van der Waals surface area contributed by atoms with Crippen LogP contribution < -0.4 is 5.01 Å². The van der Waals surface area contributed by atoms with Gasteiger partial charge in [-0.1, -0.05) is 25.1 Å². The van der Waals surface area contributed by atoms with Gasteiger partial charge in [-0.25, -0.2) is 0 Å². The lowest BCUT2D eigenvalue weighted by Gasteiger charge is -2.32. The monoisotopic (exact) mass is 265 g/mol. The maximum absolute atomic E-state index is 4.12. The van der Waals surface area contributed by atoms with E-state index in [-0.39, 0.29) is 0 Å². The van der Waals surface area contributed by atoms with Crippen LogP contribution in [0.5, 0.6) is 0 Å². The maximum Gasteiger partial charge on any atom is 0.0698 e. The minimum absolute atomic E-state index is 0.410. The number of pyridine rings is 1. The number of aromatic nitrogens is 2. The number of benzene rings is 1. The fourth-order valence-corrected chi connectivity index (χ4v) is 2.52. The summed E-state index contributed by atoms with van der Waals surface area (Å²) < 4.78 is 2.23. The first-order chi connectivity index (χ1) is 9.81. The SMILES string of the molecule is CCC(C)N(c1ccncc1)n1ccc2ccccc21. The second-order valence-electron chi connectivity index (χ2n) is 5.03. The van der Waals surface area contributed by atoms with Crippen LogP contribution in [0.15, 0.2) is 61.1 Å². The van der Waals surface area contributed by atoms with Crippen LogP contribution in [0, 0.1) is 0 Å². The molecule has 3 nitrogen and oxygen atoms in total. The molecule has 0 aliphatic carbocycles. The molecule has 20 heavy (non-hydrogen) atoms. The first-order valence-electron chi connectivity index (χ1n) is 7.07. The van der Waals surface area contributed by atoms with Gasteiger partial charge in [-0.15, -0.1) is 0 Å². The highest BCUT2D eigenvalue weighted by Gasteiger charge is 2.16. The van der Waals surface area contributed by atoms with Crippen molar-refractivity contribution >= 4 is 16.6 Å². The average molecular weight is 265 g/mol. The topological polar surface area (TPSA) is 21.1 Å². The molecular weight excluding hydrogens is 246 g/mol. The molecule has 1 aromatic carbocycles. The Morgan fingerprint density at radius 2 is 1.85 bits per heavy atom. The van der Waals surface area contributed by atoms with E-state index in [9.17, 15) is 0 Å². The van der Waals surface area contributed by atoms with Gasteiger partial charge in [0.05, 0.1) is 11.2 Å². The van der Waals surface area contributed by atoms with Gasteiger partial charge in [-0.3, -0.25) is 14.7 Å². The highest BCUT2D eigenvalue weighted by molar-refractivity contribution is 5.81. The summed E-state index contributed by atoms with van der Waals surface area (Å²) in [5.74, 6) is 0. The van der Waals surface area contributed by atoms with Crippen LogP contribution in [0.4, 0.5) is 5.69 Å². The summed E-state index contributed by atoms with van der Waals surface area (Å²) in [7, 11) is 0. The normalized spacial score (nSPS) is 12.5. The van der Waals surface area contributed by atoms with E-state index in [0.29, 0.717) is 6.04 Å². The molecule has 0 amide bonds. The molecule has 0 spiro atoms. The number of anilines is 1. The summed E-state index contributed by atoms with van der Waals surface area (Å²) >= 11 is 0. The van der Waals surface area contributed by atoms with Gasteiger partial charge in [0.2, 0.25) is 0 Å². The predicted octanol–water partition coefficient (Wildman–Crippen LogP) is 4.10. The quantitative estimate of drug-likeness (QED) is 0.708. The molecule has 0 aliphatic rings. The van der Waals surface area contributed by atoms with E-state index in [4.69, 9.17) is 0 Å². The van der Waals surface area contributed by atoms with E-state index in [1.807, 2.05) is 12.4 Å². The zero-order valence-electron chi connectivity index (χ0n) is 11.9. The number of fused-ring (bicyclic) bond motifs is 1. The first-order valence-corrected chi connectivity index (χ1v) is 7.07. The third-order valence-electron chi connectivity index (χ3n) is 3.75. The van der Waals surface area contributed by atoms with Crippen molar-refractivity contribution in [2.24, 2.45) is 0 Å². The minimum Gasteiger partial charge on any atom is -0.278 e. The van der Waals surface area contributed by atoms with Gasteiger partial charge in [0, 0.05) is 30.0 Å². The lowest BCUT2D eigenvalue weighted by molar-refractivity contribution is 0.569. The largest absolute Gasteiger partial charge is 0.278 e. The van der Waals surface area contributed by atoms with E-state index < -0.39 is 0 Å². The number of para-hydroxylation sites is 1. The summed E-state index contributed by atoms with van der Waals surface area (Å²) in [6, 6.07) is 15.1. The fraction of sp³-hybridized carbons (Fsp3) is 0.235. The number of rotatable bonds is 4. The molecule has 0 radical (unpaired) electrons. The molecule has 2 heterocycles. The summed E-state index contributed by atoms with van der Waals surface area (Å²) in [4.78, 5) is 4.12. The average Bonchev–Trinajstić information content (AvgIpc) is 2.92. The van der Waals surface area contributed by atoms with Crippen molar-refractivity contribution in [2.45, 2.75) is 26.3 Å². The highest BCUT2D eigenvalue weighted by Crippen LogP contribution is 2.24. The Morgan fingerprint density at radius 1 is 1.10 bits per heavy atom. The number of nitrogens with zero attached hydrogens (tertiary/aromatic N) is 3. The van der Waals surface area contributed by atoms with E-state index in [1.165, 1.54) is 10.9 Å². The van der Waals surface area contributed by atoms with Crippen LogP contribution in [0.1, 0.15) is 20.3 Å². The van der Waals surface area contributed by atoms with Crippen molar-refractivity contribution in [3.8, 4) is 0 Å². The van der Waals surface area contributed by atoms with Crippen molar-refractivity contribution in [3.05, 3.63) is 61.1 Å². The molecule has 2 aromatic heterocycles. The highest BCUT2D eigenvalue weighted by atomic mass is 15.6. The lowest BCUT2D eigenvalue weighted by atomic mass is 10.2. The summed E-state index contributed by atoms with van der Waals surface area (Å²) in [6.07, 6.45) is 6.90. The van der Waals surface area contributed by atoms with E-state index in [2.05, 4.69) is 77.2 Å². The van der Waals surface area contributed by atoms with Gasteiger partial charge >= 0.3 is 0 Å². The minimum atomic E-state index is 0.410. The maximum atomic E-state index is 4.12. The summed E-state index contributed by atoms with van der Waals surface area (Å²) in [6.45, 7) is 4.46. The van der Waals surface area contributed by atoms with Crippen LogP contribution in [0.3, 0.4) is 0 Å². The molecule has 0 bridgehead atoms. The molecule has 102 valence electrons. The predicted molar refractivity (Wildman–Crippen MR) is 83.8 cm³/mol. The zero-order valence-corrected chi connectivity index (χ0v) is 11.9. The van der Waals surface area contributed by atoms with Gasteiger partial charge in [-0.05, 0) is 37.6 Å². The molecule has 0 aliphatic heterocycles. The Labute approximate surface area is 119 Å². The first kappa shape index (κ1) is 12.7. The molecule has 0 saturated carbocycles. The summed E-state index contributed by atoms with van der Waals surface area (Å²) in [5.41, 5.74) is 2.39.